The first kappa shape index (κ1) is 14.4. The fourth-order valence-electron chi connectivity index (χ4n) is 1.73. The van der Waals surface area contributed by atoms with Gasteiger partial charge in [-0.2, -0.15) is 0 Å². The Morgan fingerprint density at radius 1 is 1.28 bits per heavy atom. The Labute approximate surface area is 107 Å². The smallest absolute Gasteiger partial charge is 0.313 e. The third-order valence-electron chi connectivity index (χ3n) is 2.69. The Morgan fingerprint density at radius 3 is 2.67 bits per heavy atom. The van der Waals surface area contributed by atoms with E-state index >= 15 is 0 Å². The van der Waals surface area contributed by atoms with Gasteiger partial charge < -0.3 is 9.84 Å². The number of rotatable bonds is 8. The summed E-state index contributed by atoms with van der Waals surface area (Å²) >= 11 is 0. The highest BCUT2D eigenvalue weighted by Gasteiger charge is 2.17. The number of aryl methyl sites for hydroxylation is 1. The van der Waals surface area contributed by atoms with Gasteiger partial charge in [0.05, 0.1) is 11.5 Å². The average Bonchev–Trinajstić information content (AvgIpc) is 2.33. The molecule has 0 saturated carbocycles. The monoisotopic (exact) mass is 253 g/mol. The van der Waals surface area contributed by atoms with Gasteiger partial charge in [0.2, 0.25) is 0 Å². The topological polar surface area (TPSA) is 72.6 Å². The van der Waals surface area contributed by atoms with E-state index in [9.17, 15) is 10.1 Å². The summed E-state index contributed by atoms with van der Waals surface area (Å²) in [7, 11) is 0. The SMILES string of the molecule is Cc1cccc(OCCCCCCO)c1[N+](=O)[O-]. The molecule has 0 unspecified atom stereocenters. The summed E-state index contributed by atoms with van der Waals surface area (Å²) in [5.41, 5.74) is 0.658. The Bertz CT molecular complexity index is 393. The van der Waals surface area contributed by atoms with Gasteiger partial charge in [0.15, 0.2) is 5.75 Å². The van der Waals surface area contributed by atoms with Crippen molar-refractivity contribution in [2.75, 3.05) is 13.2 Å². The highest BCUT2D eigenvalue weighted by Crippen LogP contribution is 2.30. The number of unbranched alkanes of at least 4 members (excludes halogenated alkanes) is 3. The summed E-state index contributed by atoms with van der Waals surface area (Å²) in [5, 5.41) is 19.5. The molecule has 5 heteroatoms. The second kappa shape index (κ2) is 7.66. The molecule has 0 radical (unpaired) electrons. The van der Waals surface area contributed by atoms with Crippen LogP contribution >= 0.6 is 0 Å². The van der Waals surface area contributed by atoms with E-state index < -0.39 is 4.92 Å². The first-order valence-corrected chi connectivity index (χ1v) is 6.14. The highest BCUT2D eigenvalue weighted by molar-refractivity contribution is 5.51. The Balaban J connectivity index is 2.47. The molecular weight excluding hydrogens is 234 g/mol. The van der Waals surface area contributed by atoms with E-state index in [0.29, 0.717) is 17.9 Å². The number of nitro benzene ring substituents is 1. The molecule has 1 aromatic carbocycles. The van der Waals surface area contributed by atoms with E-state index in [1.807, 2.05) is 0 Å². The van der Waals surface area contributed by atoms with Crippen molar-refractivity contribution in [1.29, 1.82) is 0 Å². The minimum atomic E-state index is -0.406. The van der Waals surface area contributed by atoms with Gasteiger partial charge >= 0.3 is 5.69 Å². The minimum Gasteiger partial charge on any atom is -0.487 e. The zero-order valence-corrected chi connectivity index (χ0v) is 10.6. The molecule has 0 aromatic heterocycles. The normalized spacial score (nSPS) is 10.3. The van der Waals surface area contributed by atoms with Crippen molar-refractivity contribution >= 4 is 5.69 Å². The summed E-state index contributed by atoms with van der Waals surface area (Å²) < 4.78 is 5.46. The lowest BCUT2D eigenvalue weighted by molar-refractivity contribution is -0.386. The van der Waals surface area contributed by atoms with Crippen molar-refractivity contribution in [2.24, 2.45) is 0 Å². The van der Waals surface area contributed by atoms with Crippen LogP contribution in [0.5, 0.6) is 5.75 Å². The van der Waals surface area contributed by atoms with Crippen LogP contribution in [0.1, 0.15) is 31.2 Å². The maximum Gasteiger partial charge on any atom is 0.313 e. The third kappa shape index (κ3) is 4.33. The van der Waals surface area contributed by atoms with Gasteiger partial charge in [-0.15, -0.1) is 0 Å². The number of nitro groups is 1. The summed E-state index contributed by atoms with van der Waals surface area (Å²) in [6, 6.07) is 5.08. The van der Waals surface area contributed by atoms with Gasteiger partial charge in [-0.05, 0) is 32.3 Å². The minimum absolute atomic E-state index is 0.0489. The molecule has 1 N–H and O–H groups in total. The van der Waals surface area contributed by atoms with E-state index in [1.54, 1.807) is 25.1 Å². The average molecular weight is 253 g/mol. The molecule has 0 fully saturated rings. The standard InChI is InChI=1S/C13H19NO4/c1-11-7-6-8-12(13(11)14(16)17)18-10-5-3-2-4-9-15/h6-8,15H,2-5,9-10H2,1H3. The lowest BCUT2D eigenvalue weighted by Crippen LogP contribution is -2.02. The van der Waals surface area contributed by atoms with Crippen LogP contribution in [0.3, 0.4) is 0 Å². The van der Waals surface area contributed by atoms with Gasteiger partial charge in [0, 0.05) is 12.2 Å². The lowest BCUT2D eigenvalue weighted by atomic mass is 10.2. The van der Waals surface area contributed by atoms with Crippen LogP contribution in [0.15, 0.2) is 18.2 Å². The highest BCUT2D eigenvalue weighted by atomic mass is 16.6. The zero-order valence-electron chi connectivity index (χ0n) is 10.6. The predicted octanol–water partition coefficient (Wildman–Crippen LogP) is 2.83. The quantitative estimate of drug-likeness (QED) is 0.439. The van der Waals surface area contributed by atoms with Crippen molar-refractivity contribution in [3.63, 3.8) is 0 Å². The summed E-state index contributed by atoms with van der Waals surface area (Å²) in [6.07, 6.45) is 3.55. The summed E-state index contributed by atoms with van der Waals surface area (Å²) in [6.45, 7) is 2.38. The number of benzene rings is 1. The molecule has 18 heavy (non-hydrogen) atoms. The van der Waals surface area contributed by atoms with Crippen molar-refractivity contribution in [2.45, 2.75) is 32.6 Å². The number of nitrogens with zero attached hydrogens (tertiary/aromatic N) is 1. The Hall–Kier alpha value is -1.62. The van der Waals surface area contributed by atoms with Crippen LogP contribution in [0.2, 0.25) is 0 Å². The number of hydrogen-bond donors (Lipinski definition) is 1. The molecule has 1 rings (SSSR count). The molecule has 1 aromatic rings. The molecule has 0 heterocycles. The van der Waals surface area contributed by atoms with Gasteiger partial charge in [0.1, 0.15) is 0 Å². The Morgan fingerprint density at radius 2 is 2.00 bits per heavy atom. The number of para-hydroxylation sites is 1. The number of aliphatic hydroxyl groups excluding tert-OH is 1. The first-order valence-electron chi connectivity index (χ1n) is 6.14. The second-order valence-electron chi connectivity index (χ2n) is 4.17. The lowest BCUT2D eigenvalue weighted by Gasteiger charge is -2.07. The van der Waals surface area contributed by atoms with Crippen LogP contribution in [0, 0.1) is 17.0 Å². The third-order valence-corrected chi connectivity index (χ3v) is 2.69. The van der Waals surface area contributed by atoms with Crippen molar-refractivity contribution in [3.05, 3.63) is 33.9 Å². The van der Waals surface area contributed by atoms with E-state index in [2.05, 4.69) is 0 Å². The molecule has 0 saturated heterocycles. The maximum atomic E-state index is 10.9. The van der Waals surface area contributed by atoms with Gasteiger partial charge in [-0.3, -0.25) is 10.1 Å². The van der Waals surface area contributed by atoms with Gasteiger partial charge in [0.25, 0.3) is 0 Å². The Kier molecular flexibility index (Phi) is 6.14. The van der Waals surface area contributed by atoms with Gasteiger partial charge in [-0.1, -0.05) is 18.6 Å². The molecule has 5 nitrogen and oxygen atoms in total. The summed E-state index contributed by atoms with van der Waals surface area (Å²) in [4.78, 5) is 10.5. The molecule has 0 amide bonds. The van der Waals surface area contributed by atoms with Crippen LogP contribution in [-0.2, 0) is 0 Å². The summed E-state index contributed by atoms with van der Waals surface area (Å²) in [5.74, 6) is 0.335. The first-order chi connectivity index (χ1) is 8.66. The van der Waals surface area contributed by atoms with Gasteiger partial charge in [-0.25, -0.2) is 0 Å². The number of aliphatic hydroxyl groups is 1. The van der Waals surface area contributed by atoms with Crippen molar-refractivity contribution < 1.29 is 14.8 Å². The zero-order chi connectivity index (χ0) is 13.4. The maximum absolute atomic E-state index is 10.9. The number of hydrogen-bond acceptors (Lipinski definition) is 4. The van der Waals surface area contributed by atoms with Crippen molar-refractivity contribution in [1.82, 2.24) is 0 Å². The fourth-order valence-corrected chi connectivity index (χ4v) is 1.73. The molecule has 0 spiro atoms. The van der Waals surface area contributed by atoms with Crippen LogP contribution < -0.4 is 4.74 Å². The molecule has 0 atom stereocenters. The predicted molar refractivity (Wildman–Crippen MR) is 68.9 cm³/mol. The van der Waals surface area contributed by atoms with E-state index in [4.69, 9.17) is 9.84 Å². The largest absolute Gasteiger partial charge is 0.487 e. The fraction of sp³-hybridized carbons (Fsp3) is 0.538. The molecular formula is C13H19NO4. The van der Waals surface area contributed by atoms with E-state index in [-0.39, 0.29) is 12.3 Å². The molecule has 0 bridgehead atoms. The molecule has 100 valence electrons. The molecule has 0 aliphatic heterocycles. The molecule has 0 aliphatic rings. The van der Waals surface area contributed by atoms with Crippen LogP contribution in [-0.4, -0.2) is 23.2 Å². The van der Waals surface area contributed by atoms with E-state index in [1.165, 1.54) is 0 Å². The van der Waals surface area contributed by atoms with E-state index in [0.717, 1.165) is 25.7 Å². The second-order valence-corrected chi connectivity index (χ2v) is 4.17. The number of ether oxygens (including phenoxy) is 1. The molecule has 0 aliphatic carbocycles. The van der Waals surface area contributed by atoms with Crippen LogP contribution in [0.4, 0.5) is 5.69 Å². The van der Waals surface area contributed by atoms with Crippen LogP contribution in [0.25, 0.3) is 0 Å². The van der Waals surface area contributed by atoms with Crippen molar-refractivity contribution in [3.8, 4) is 5.75 Å².